The van der Waals surface area contributed by atoms with Gasteiger partial charge in [-0.05, 0) is 60.2 Å². The molecule has 0 saturated carbocycles. The molecule has 23 heavy (non-hydrogen) atoms. The van der Waals surface area contributed by atoms with Crippen molar-refractivity contribution in [3.05, 3.63) is 23.8 Å². The molecule has 0 saturated heterocycles. The first kappa shape index (κ1) is 19.5. The Morgan fingerprint density at radius 1 is 1.13 bits per heavy atom. The van der Waals surface area contributed by atoms with Crippen molar-refractivity contribution in [2.24, 2.45) is 0 Å². The number of phenols is 1. The maximum absolute atomic E-state index is 12.9. The maximum atomic E-state index is 12.9. The molecule has 0 bridgehead atoms. The van der Waals surface area contributed by atoms with Crippen LogP contribution in [0.15, 0.2) is 18.2 Å². The number of benzene rings is 1. The Hall–Kier alpha value is -1.56. The van der Waals surface area contributed by atoms with Crippen LogP contribution < -0.4 is 4.52 Å². The summed E-state index contributed by atoms with van der Waals surface area (Å²) in [5, 5.41) is 9.99. The molecule has 1 N–H and O–H groups in total. The largest absolute Gasteiger partial charge is 0.504 e. The summed E-state index contributed by atoms with van der Waals surface area (Å²) in [5.74, 6) is -0.303. The third-order valence-corrected chi connectivity index (χ3v) is 5.94. The standard InChI is InChI=1S/C15H26N3O4P/c1-7-18(8-2)15(20)12-9-10-13(19)14(11-12)22-23(21,16(3)4)17(5)6/h9-11,19H,7-8H2,1-6H3. The second-order valence-electron chi connectivity index (χ2n) is 5.44. The molecule has 0 heterocycles. The van der Waals surface area contributed by atoms with E-state index < -0.39 is 7.67 Å². The summed E-state index contributed by atoms with van der Waals surface area (Å²) in [5.41, 5.74) is 0.380. The van der Waals surface area contributed by atoms with Crippen molar-refractivity contribution < 1.29 is 19.0 Å². The van der Waals surface area contributed by atoms with Gasteiger partial charge < -0.3 is 14.5 Å². The van der Waals surface area contributed by atoms with E-state index in [1.165, 1.54) is 27.5 Å². The molecule has 1 rings (SSSR count). The van der Waals surface area contributed by atoms with Crippen LogP contribution in [0.3, 0.4) is 0 Å². The highest BCUT2D eigenvalue weighted by Crippen LogP contribution is 2.52. The molecule has 1 aromatic carbocycles. The lowest BCUT2D eigenvalue weighted by Gasteiger charge is -2.30. The van der Waals surface area contributed by atoms with Crippen molar-refractivity contribution in [1.82, 2.24) is 14.2 Å². The first-order valence-corrected chi connectivity index (χ1v) is 8.97. The molecule has 0 aliphatic carbocycles. The highest BCUT2D eigenvalue weighted by atomic mass is 31.2. The molecular formula is C15H26N3O4P. The quantitative estimate of drug-likeness (QED) is 0.767. The fourth-order valence-corrected chi connectivity index (χ4v) is 3.51. The zero-order valence-electron chi connectivity index (χ0n) is 14.6. The topological polar surface area (TPSA) is 73.3 Å². The minimum Gasteiger partial charge on any atom is -0.504 e. The lowest BCUT2D eigenvalue weighted by Crippen LogP contribution is -2.30. The molecule has 0 aliphatic rings. The van der Waals surface area contributed by atoms with Crippen molar-refractivity contribution >= 4 is 13.6 Å². The van der Waals surface area contributed by atoms with Crippen molar-refractivity contribution in [1.29, 1.82) is 0 Å². The van der Waals surface area contributed by atoms with Gasteiger partial charge in [0, 0.05) is 18.7 Å². The number of rotatable bonds is 7. The maximum Gasteiger partial charge on any atom is 0.394 e. The van der Waals surface area contributed by atoms with Gasteiger partial charge >= 0.3 is 7.67 Å². The van der Waals surface area contributed by atoms with Crippen molar-refractivity contribution in [3.8, 4) is 11.5 Å². The Bertz CT molecular complexity index is 588. The predicted molar refractivity (Wildman–Crippen MR) is 91.0 cm³/mol. The molecule has 0 radical (unpaired) electrons. The van der Waals surface area contributed by atoms with Crippen molar-refractivity contribution in [2.75, 3.05) is 41.3 Å². The van der Waals surface area contributed by atoms with Crippen LogP contribution in [-0.2, 0) is 4.57 Å². The molecule has 130 valence electrons. The van der Waals surface area contributed by atoms with Gasteiger partial charge in [-0.2, -0.15) is 0 Å². The third-order valence-electron chi connectivity index (χ3n) is 3.49. The third kappa shape index (κ3) is 4.25. The summed E-state index contributed by atoms with van der Waals surface area (Å²) in [6.45, 7) is 4.96. The van der Waals surface area contributed by atoms with E-state index in [4.69, 9.17) is 4.52 Å². The first-order valence-electron chi connectivity index (χ1n) is 7.44. The van der Waals surface area contributed by atoms with Crippen LogP contribution in [-0.4, -0.2) is 66.5 Å². The van der Waals surface area contributed by atoms with Gasteiger partial charge in [0.15, 0.2) is 11.5 Å². The van der Waals surface area contributed by atoms with Crippen LogP contribution in [0.2, 0.25) is 0 Å². The van der Waals surface area contributed by atoms with Gasteiger partial charge in [0.25, 0.3) is 5.91 Å². The van der Waals surface area contributed by atoms with Crippen LogP contribution in [0.1, 0.15) is 24.2 Å². The summed E-state index contributed by atoms with van der Waals surface area (Å²) in [6.07, 6.45) is 0. The van der Waals surface area contributed by atoms with Gasteiger partial charge in [-0.25, -0.2) is 13.9 Å². The molecule has 1 aromatic rings. The van der Waals surface area contributed by atoms with Crippen LogP contribution >= 0.6 is 7.67 Å². The number of carbonyl (C=O) groups excluding carboxylic acids is 1. The van der Waals surface area contributed by atoms with E-state index in [1.54, 1.807) is 33.1 Å². The fourth-order valence-electron chi connectivity index (χ4n) is 2.06. The lowest BCUT2D eigenvalue weighted by molar-refractivity contribution is 0.0772. The number of carbonyl (C=O) groups is 1. The molecule has 1 amide bonds. The number of amides is 1. The Balaban J connectivity index is 3.21. The Labute approximate surface area is 138 Å². The van der Waals surface area contributed by atoms with E-state index in [9.17, 15) is 14.5 Å². The highest BCUT2D eigenvalue weighted by Gasteiger charge is 2.32. The molecule has 0 atom stereocenters. The van der Waals surface area contributed by atoms with E-state index in [1.807, 2.05) is 13.8 Å². The number of phenolic OH excluding ortho intramolecular Hbond substituents is 1. The van der Waals surface area contributed by atoms with Gasteiger partial charge in [-0.15, -0.1) is 0 Å². The molecule has 0 spiro atoms. The number of hydrogen-bond donors (Lipinski definition) is 1. The summed E-state index contributed by atoms with van der Waals surface area (Å²) in [7, 11) is 3.19. The van der Waals surface area contributed by atoms with Crippen LogP contribution in [0, 0.1) is 0 Å². The number of aromatic hydroxyl groups is 1. The van der Waals surface area contributed by atoms with Crippen molar-refractivity contribution in [3.63, 3.8) is 0 Å². The summed E-state index contributed by atoms with van der Waals surface area (Å²) in [4.78, 5) is 14.1. The Morgan fingerprint density at radius 2 is 1.65 bits per heavy atom. The van der Waals surface area contributed by atoms with Gasteiger partial charge in [-0.1, -0.05) is 0 Å². The van der Waals surface area contributed by atoms with E-state index in [-0.39, 0.29) is 17.4 Å². The second-order valence-corrected chi connectivity index (χ2v) is 8.20. The summed E-state index contributed by atoms with van der Waals surface area (Å²) >= 11 is 0. The van der Waals surface area contributed by atoms with Crippen LogP contribution in [0.5, 0.6) is 11.5 Å². The van der Waals surface area contributed by atoms with Gasteiger partial charge in [0.05, 0.1) is 0 Å². The molecule has 0 aromatic heterocycles. The van der Waals surface area contributed by atoms with E-state index >= 15 is 0 Å². The molecular weight excluding hydrogens is 317 g/mol. The zero-order valence-corrected chi connectivity index (χ0v) is 15.5. The van der Waals surface area contributed by atoms with E-state index in [0.29, 0.717) is 18.7 Å². The minimum absolute atomic E-state index is 0.0220. The number of nitrogens with zero attached hydrogens (tertiary/aromatic N) is 3. The monoisotopic (exact) mass is 343 g/mol. The predicted octanol–water partition coefficient (Wildman–Crippen LogP) is 2.48. The lowest BCUT2D eigenvalue weighted by atomic mass is 10.1. The average Bonchev–Trinajstić information content (AvgIpc) is 2.49. The normalized spacial score (nSPS) is 11.8. The molecule has 8 heteroatoms. The van der Waals surface area contributed by atoms with Crippen LogP contribution in [0.4, 0.5) is 0 Å². The van der Waals surface area contributed by atoms with Gasteiger partial charge in [0.1, 0.15) is 0 Å². The molecule has 7 nitrogen and oxygen atoms in total. The average molecular weight is 343 g/mol. The van der Waals surface area contributed by atoms with E-state index in [0.717, 1.165) is 0 Å². The molecule has 0 unspecified atom stereocenters. The minimum atomic E-state index is -3.32. The SMILES string of the molecule is CCN(CC)C(=O)c1ccc(O)c(OP(=O)(N(C)C)N(C)C)c1. The van der Waals surface area contributed by atoms with Gasteiger partial charge in [0.2, 0.25) is 0 Å². The Morgan fingerprint density at radius 3 is 2.09 bits per heavy atom. The second kappa shape index (κ2) is 7.81. The Kier molecular flexibility index (Phi) is 6.62. The smallest absolute Gasteiger partial charge is 0.394 e. The molecule has 0 fully saturated rings. The zero-order chi connectivity index (χ0) is 17.8. The van der Waals surface area contributed by atoms with Gasteiger partial charge in [-0.3, -0.25) is 4.79 Å². The summed E-state index contributed by atoms with van der Waals surface area (Å²) in [6, 6.07) is 4.33. The highest BCUT2D eigenvalue weighted by molar-refractivity contribution is 7.54. The fraction of sp³-hybridized carbons (Fsp3) is 0.533. The molecule has 0 aliphatic heterocycles. The number of hydrogen-bond acceptors (Lipinski definition) is 4. The van der Waals surface area contributed by atoms with Crippen LogP contribution in [0.25, 0.3) is 0 Å². The van der Waals surface area contributed by atoms with Crippen molar-refractivity contribution in [2.45, 2.75) is 13.8 Å². The summed E-state index contributed by atoms with van der Waals surface area (Å²) < 4.78 is 21.4. The van der Waals surface area contributed by atoms with E-state index in [2.05, 4.69) is 0 Å². The first-order chi connectivity index (χ1) is 10.7.